The zero-order valence-corrected chi connectivity index (χ0v) is 13.5. The third-order valence-electron chi connectivity index (χ3n) is 4.38. The molecule has 0 aliphatic heterocycles. The second-order valence-electron chi connectivity index (χ2n) is 6.09. The first kappa shape index (κ1) is 16.2. The van der Waals surface area contributed by atoms with Crippen LogP contribution < -0.4 is 0 Å². The van der Waals surface area contributed by atoms with Gasteiger partial charge in [-0.05, 0) is 37.1 Å². The highest BCUT2D eigenvalue weighted by atomic mass is 16.3. The van der Waals surface area contributed by atoms with E-state index in [9.17, 15) is 10.2 Å². The van der Waals surface area contributed by atoms with Crippen LogP contribution in [0.3, 0.4) is 0 Å². The summed E-state index contributed by atoms with van der Waals surface area (Å²) >= 11 is 0. The molecule has 3 rings (SSSR count). The predicted molar refractivity (Wildman–Crippen MR) is 97.4 cm³/mol. The van der Waals surface area contributed by atoms with Gasteiger partial charge in [-0.3, -0.25) is 9.98 Å². The first-order valence-electron chi connectivity index (χ1n) is 8.36. The Balaban J connectivity index is 1.74. The molecule has 1 aliphatic rings. The fourth-order valence-electron chi connectivity index (χ4n) is 2.98. The summed E-state index contributed by atoms with van der Waals surface area (Å²) < 4.78 is 0. The van der Waals surface area contributed by atoms with Gasteiger partial charge in [-0.25, -0.2) is 0 Å². The number of phenols is 2. The molecule has 1 aliphatic carbocycles. The minimum atomic E-state index is 0.112. The van der Waals surface area contributed by atoms with Gasteiger partial charge in [0.15, 0.2) is 0 Å². The smallest absolute Gasteiger partial charge is 0.124 e. The van der Waals surface area contributed by atoms with Crippen molar-refractivity contribution in [3.05, 3.63) is 59.7 Å². The third-order valence-corrected chi connectivity index (χ3v) is 4.38. The van der Waals surface area contributed by atoms with Gasteiger partial charge in [-0.2, -0.15) is 0 Å². The Morgan fingerprint density at radius 1 is 0.708 bits per heavy atom. The van der Waals surface area contributed by atoms with Crippen LogP contribution in [-0.2, 0) is 0 Å². The van der Waals surface area contributed by atoms with Crippen molar-refractivity contribution in [2.75, 3.05) is 0 Å². The maximum absolute atomic E-state index is 9.84. The maximum Gasteiger partial charge on any atom is 0.124 e. The Kier molecular flexibility index (Phi) is 5.26. The summed E-state index contributed by atoms with van der Waals surface area (Å²) in [5.41, 5.74) is 1.46. The van der Waals surface area contributed by atoms with Crippen molar-refractivity contribution in [2.45, 2.75) is 37.8 Å². The molecule has 0 radical (unpaired) electrons. The number of hydrogen-bond acceptors (Lipinski definition) is 4. The van der Waals surface area contributed by atoms with Crippen LogP contribution in [0.4, 0.5) is 0 Å². The first-order chi connectivity index (χ1) is 11.7. The van der Waals surface area contributed by atoms with Gasteiger partial charge in [0.05, 0.1) is 12.1 Å². The molecule has 0 bridgehead atoms. The van der Waals surface area contributed by atoms with Gasteiger partial charge in [0, 0.05) is 23.6 Å². The molecule has 2 aromatic carbocycles. The largest absolute Gasteiger partial charge is 0.507 e. The number of hydrogen-bond donors (Lipinski definition) is 2. The Morgan fingerprint density at radius 2 is 1.12 bits per heavy atom. The number of phenolic OH excluding ortho intramolecular Hbond substituents is 2. The summed E-state index contributed by atoms with van der Waals surface area (Å²) in [7, 11) is 0. The standard InChI is InChI=1S/C20H22N2O2/c23-19-11-5-1-7-15(19)13-21-17-9-3-4-10-18(17)22-14-16-8-2-6-12-20(16)24/h1-2,5-8,11-14,17-18,23-24H,3-4,9-10H2/t17-,18-/m1/s1. The van der Waals surface area contributed by atoms with Gasteiger partial charge in [-0.15, -0.1) is 0 Å². The van der Waals surface area contributed by atoms with Gasteiger partial charge >= 0.3 is 0 Å². The lowest BCUT2D eigenvalue weighted by Crippen LogP contribution is -2.27. The molecule has 4 nitrogen and oxygen atoms in total. The van der Waals surface area contributed by atoms with Crippen LogP contribution in [0.2, 0.25) is 0 Å². The lowest BCUT2D eigenvalue weighted by Gasteiger charge is -2.25. The quantitative estimate of drug-likeness (QED) is 0.837. The average molecular weight is 322 g/mol. The van der Waals surface area contributed by atoms with E-state index in [0.29, 0.717) is 0 Å². The molecule has 0 saturated heterocycles. The molecule has 24 heavy (non-hydrogen) atoms. The SMILES string of the molecule is Oc1ccccc1C=N[C@@H]1CCCC[C@H]1N=Cc1ccccc1O. The van der Waals surface area contributed by atoms with Gasteiger partial charge in [-0.1, -0.05) is 37.1 Å². The summed E-state index contributed by atoms with van der Waals surface area (Å²) in [5.74, 6) is 0.484. The molecule has 2 N–H and O–H groups in total. The zero-order valence-electron chi connectivity index (χ0n) is 13.5. The zero-order chi connectivity index (χ0) is 16.8. The Morgan fingerprint density at radius 3 is 1.54 bits per heavy atom. The number of aromatic hydroxyl groups is 2. The molecular formula is C20H22N2O2. The fraction of sp³-hybridized carbons (Fsp3) is 0.300. The number of benzene rings is 2. The molecule has 0 unspecified atom stereocenters. The topological polar surface area (TPSA) is 65.2 Å². The third kappa shape index (κ3) is 4.02. The van der Waals surface area contributed by atoms with Gasteiger partial charge in [0.25, 0.3) is 0 Å². The normalized spacial score (nSPS) is 21.5. The Bertz CT molecular complexity index is 676. The summed E-state index contributed by atoms with van der Waals surface area (Å²) in [6.07, 6.45) is 7.76. The Labute approximate surface area is 142 Å². The van der Waals surface area contributed by atoms with Crippen LogP contribution in [0.15, 0.2) is 58.5 Å². The Hall–Kier alpha value is -2.62. The molecule has 0 amide bonds. The van der Waals surface area contributed by atoms with E-state index >= 15 is 0 Å². The summed E-state index contributed by atoms with van der Waals surface area (Å²) in [6, 6.07) is 14.6. The predicted octanol–water partition coefficient (Wildman–Crippen LogP) is 3.95. The molecule has 0 aromatic heterocycles. The number of nitrogens with zero attached hydrogens (tertiary/aromatic N) is 2. The van der Waals surface area contributed by atoms with E-state index in [1.54, 1.807) is 36.7 Å². The van der Waals surface area contributed by atoms with Crippen LogP contribution in [0.25, 0.3) is 0 Å². The highest BCUT2D eigenvalue weighted by Crippen LogP contribution is 2.25. The molecule has 124 valence electrons. The summed E-state index contributed by atoms with van der Waals surface area (Å²) in [4.78, 5) is 9.34. The molecule has 0 heterocycles. The van der Waals surface area contributed by atoms with E-state index in [0.717, 1.165) is 36.8 Å². The molecule has 1 fully saturated rings. The van der Waals surface area contributed by atoms with Gasteiger partial charge in [0.2, 0.25) is 0 Å². The molecule has 4 heteroatoms. The van der Waals surface area contributed by atoms with Crippen LogP contribution in [0.5, 0.6) is 11.5 Å². The second-order valence-corrected chi connectivity index (χ2v) is 6.09. The van der Waals surface area contributed by atoms with E-state index in [1.165, 1.54) is 0 Å². The van der Waals surface area contributed by atoms with Crippen molar-refractivity contribution < 1.29 is 10.2 Å². The van der Waals surface area contributed by atoms with Crippen molar-refractivity contribution in [1.82, 2.24) is 0 Å². The summed E-state index contributed by atoms with van der Waals surface area (Å²) in [5, 5.41) is 19.7. The van der Waals surface area contributed by atoms with Crippen molar-refractivity contribution in [2.24, 2.45) is 9.98 Å². The van der Waals surface area contributed by atoms with Crippen molar-refractivity contribution in [3.8, 4) is 11.5 Å². The van der Waals surface area contributed by atoms with Crippen molar-refractivity contribution in [3.63, 3.8) is 0 Å². The monoisotopic (exact) mass is 322 g/mol. The molecule has 0 spiro atoms. The van der Waals surface area contributed by atoms with Crippen LogP contribution >= 0.6 is 0 Å². The molecular weight excluding hydrogens is 300 g/mol. The van der Waals surface area contributed by atoms with Gasteiger partial charge in [0.1, 0.15) is 11.5 Å². The van der Waals surface area contributed by atoms with E-state index in [2.05, 4.69) is 9.98 Å². The second kappa shape index (κ2) is 7.77. The van der Waals surface area contributed by atoms with E-state index in [4.69, 9.17) is 0 Å². The van der Waals surface area contributed by atoms with E-state index in [-0.39, 0.29) is 23.6 Å². The lowest BCUT2D eigenvalue weighted by atomic mass is 9.91. The number of rotatable bonds is 4. The summed E-state index contributed by atoms with van der Waals surface area (Å²) in [6.45, 7) is 0. The first-order valence-corrected chi connectivity index (χ1v) is 8.36. The molecule has 2 atom stereocenters. The van der Waals surface area contributed by atoms with Crippen LogP contribution in [-0.4, -0.2) is 34.7 Å². The van der Waals surface area contributed by atoms with Gasteiger partial charge < -0.3 is 10.2 Å². The number of para-hydroxylation sites is 2. The average Bonchev–Trinajstić information content (AvgIpc) is 2.61. The highest BCUT2D eigenvalue weighted by molar-refractivity contribution is 5.84. The highest BCUT2D eigenvalue weighted by Gasteiger charge is 2.23. The van der Waals surface area contributed by atoms with E-state index < -0.39 is 0 Å². The van der Waals surface area contributed by atoms with Crippen LogP contribution in [0, 0.1) is 0 Å². The molecule has 1 saturated carbocycles. The lowest BCUT2D eigenvalue weighted by molar-refractivity contribution is 0.390. The molecule has 2 aromatic rings. The minimum Gasteiger partial charge on any atom is -0.507 e. The minimum absolute atomic E-state index is 0.112. The van der Waals surface area contributed by atoms with Crippen LogP contribution in [0.1, 0.15) is 36.8 Å². The van der Waals surface area contributed by atoms with E-state index in [1.807, 2.05) is 24.3 Å². The van der Waals surface area contributed by atoms with Crippen molar-refractivity contribution >= 4 is 12.4 Å². The maximum atomic E-state index is 9.84. The fourth-order valence-corrected chi connectivity index (χ4v) is 2.98. The van der Waals surface area contributed by atoms with Crippen molar-refractivity contribution in [1.29, 1.82) is 0 Å². The number of aliphatic imine (C=N–C) groups is 2.